The fourth-order valence-electron chi connectivity index (χ4n) is 1.77. The maximum Gasteiger partial charge on any atom is 0.257 e. The normalized spacial score (nSPS) is 12.7. The van der Waals surface area contributed by atoms with Gasteiger partial charge in [-0.25, -0.2) is 4.98 Å². The molecule has 0 spiro atoms. The van der Waals surface area contributed by atoms with Crippen molar-refractivity contribution in [3.8, 4) is 11.5 Å². The fraction of sp³-hybridized carbons (Fsp3) is 0.154. The van der Waals surface area contributed by atoms with Gasteiger partial charge in [-0.1, -0.05) is 29.4 Å². The SMILES string of the molecule is NCC(O)c1nc(-c2ccc3ccccc3n2)no1. The van der Waals surface area contributed by atoms with E-state index < -0.39 is 6.10 Å². The van der Waals surface area contributed by atoms with Gasteiger partial charge >= 0.3 is 0 Å². The van der Waals surface area contributed by atoms with Crippen LogP contribution < -0.4 is 5.73 Å². The molecule has 0 amide bonds. The van der Waals surface area contributed by atoms with E-state index in [0.717, 1.165) is 10.9 Å². The molecule has 3 rings (SSSR count). The minimum absolute atomic E-state index is 0.0345. The average molecular weight is 256 g/mol. The van der Waals surface area contributed by atoms with Crippen LogP contribution >= 0.6 is 0 Å². The van der Waals surface area contributed by atoms with Crippen LogP contribution in [-0.2, 0) is 0 Å². The number of benzene rings is 1. The first kappa shape index (κ1) is 11.8. The summed E-state index contributed by atoms with van der Waals surface area (Å²) in [6.45, 7) is 0.0345. The number of pyridine rings is 1. The molecule has 0 saturated carbocycles. The van der Waals surface area contributed by atoms with E-state index in [2.05, 4.69) is 15.1 Å². The lowest BCUT2D eigenvalue weighted by molar-refractivity contribution is 0.141. The lowest BCUT2D eigenvalue weighted by Crippen LogP contribution is -2.11. The van der Waals surface area contributed by atoms with Crippen molar-refractivity contribution in [2.75, 3.05) is 6.54 Å². The molecule has 0 aliphatic heterocycles. The second-order valence-corrected chi connectivity index (χ2v) is 4.10. The lowest BCUT2D eigenvalue weighted by atomic mass is 10.2. The van der Waals surface area contributed by atoms with Crippen molar-refractivity contribution in [1.82, 2.24) is 15.1 Å². The zero-order valence-electron chi connectivity index (χ0n) is 10.0. The summed E-state index contributed by atoms with van der Waals surface area (Å²) in [5, 5.41) is 14.4. The van der Waals surface area contributed by atoms with E-state index in [-0.39, 0.29) is 12.4 Å². The van der Waals surface area contributed by atoms with E-state index >= 15 is 0 Å². The van der Waals surface area contributed by atoms with Crippen LogP contribution in [0.1, 0.15) is 12.0 Å². The molecule has 0 radical (unpaired) electrons. The third-order valence-electron chi connectivity index (χ3n) is 2.78. The first-order valence-corrected chi connectivity index (χ1v) is 5.86. The highest BCUT2D eigenvalue weighted by Gasteiger charge is 2.16. The van der Waals surface area contributed by atoms with E-state index in [1.807, 2.05) is 36.4 Å². The number of nitrogens with zero attached hydrogens (tertiary/aromatic N) is 3. The van der Waals surface area contributed by atoms with E-state index in [9.17, 15) is 5.11 Å². The highest BCUT2D eigenvalue weighted by atomic mass is 16.5. The molecule has 0 saturated heterocycles. The van der Waals surface area contributed by atoms with E-state index in [1.165, 1.54) is 0 Å². The zero-order chi connectivity index (χ0) is 13.2. The Morgan fingerprint density at radius 2 is 2.00 bits per heavy atom. The Bertz CT molecular complexity index is 710. The molecular formula is C13H12N4O2. The van der Waals surface area contributed by atoms with Gasteiger partial charge in [-0.15, -0.1) is 0 Å². The van der Waals surface area contributed by atoms with Gasteiger partial charge < -0.3 is 15.4 Å². The highest BCUT2D eigenvalue weighted by Crippen LogP contribution is 2.20. The smallest absolute Gasteiger partial charge is 0.257 e. The van der Waals surface area contributed by atoms with E-state index in [0.29, 0.717) is 11.5 Å². The Kier molecular flexibility index (Phi) is 2.94. The van der Waals surface area contributed by atoms with Crippen LogP contribution in [0.3, 0.4) is 0 Å². The number of aliphatic hydroxyl groups excluding tert-OH is 1. The Morgan fingerprint density at radius 3 is 2.84 bits per heavy atom. The van der Waals surface area contributed by atoms with Gasteiger partial charge in [0, 0.05) is 11.9 Å². The molecule has 1 aromatic carbocycles. The number of nitrogens with two attached hydrogens (primary N) is 1. The summed E-state index contributed by atoms with van der Waals surface area (Å²) in [6, 6.07) is 11.5. The van der Waals surface area contributed by atoms with Crippen molar-refractivity contribution < 1.29 is 9.63 Å². The van der Waals surface area contributed by atoms with Crippen molar-refractivity contribution in [3.05, 3.63) is 42.3 Å². The molecular weight excluding hydrogens is 244 g/mol. The largest absolute Gasteiger partial charge is 0.382 e. The topological polar surface area (TPSA) is 98.1 Å². The Hall–Kier alpha value is -2.31. The van der Waals surface area contributed by atoms with Crippen LogP contribution in [0.5, 0.6) is 0 Å². The summed E-state index contributed by atoms with van der Waals surface area (Å²) in [7, 11) is 0. The molecule has 3 N–H and O–H groups in total. The van der Waals surface area contributed by atoms with Gasteiger partial charge in [-0.2, -0.15) is 4.98 Å². The van der Waals surface area contributed by atoms with Gasteiger partial charge in [0.1, 0.15) is 11.8 Å². The Balaban J connectivity index is 2.01. The Morgan fingerprint density at radius 1 is 1.16 bits per heavy atom. The van der Waals surface area contributed by atoms with Crippen LogP contribution in [0, 0.1) is 0 Å². The molecule has 1 atom stereocenters. The van der Waals surface area contributed by atoms with Crippen LogP contribution in [0.4, 0.5) is 0 Å². The van der Waals surface area contributed by atoms with Crippen molar-refractivity contribution in [3.63, 3.8) is 0 Å². The zero-order valence-corrected chi connectivity index (χ0v) is 10.0. The third-order valence-corrected chi connectivity index (χ3v) is 2.78. The number of aliphatic hydroxyl groups is 1. The maximum atomic E-state index is 9.52. The van der Waals surface area contributed by atoms with Crippen molar-refractivity contribution in [1.29, 1.82) is 0 Å². The van der Waals surface area contributed by atoms with Gasteiger partial charge in [-0.3, -0.25) is 0 Å². The molecule has 19 heavy (non-hydrogen) atoms. The average Bonchev–Trinajstić information content (AvgIpc) is 2.95. The number of fused-ring (bicyclic) bond motifs is 1. The van der Waals surface area contributed by atoms with E-state index in [4.69, 9.17) is 10.3 Å². The minimum Gasteiger partial charge on any atom is -0.382 e. The number of para-hydroxylation sites is 1. The van der Waals surface area contributed by atoms with Crippen LogP contribution in [-0.4, -0.2) is 26.8 Å². The minimum atomic E-state index is -0.943. The third kappa shape index (κ3) is 2.18. The second-order valence-electron chi connectivity index (χ2n) is 4.10. The summed E-state index contributed by atoms with van der Waals surface area (Å²) in [6.07, 6.45) is -0.943. The number of hydrogen-bond acceptors (Lipinski definition) is 6. The summed E-state index contributed by atoms with van der Waals surface area (Å²) in [5.41, 5.74) is 6.78. The molecule has 96 valence electrons. The predicted molar refractivity (Wildman–Crippen MR) is 69.0 cm³/mol. The molecule has 2 heterocycles. The summed E-state index contributed by atoms with van der Waals surface area (Å²) in [5.74, 6) is 0.445. The number of rotatable bonds is 3. The van der Waals surface area contributed by atoms with Crippen LogP contribution in [0.25, 0.3) is 22.4 Å². The predicted octanol–water partition coefficient (Wildman–Crippen LogP) is 1.28. The summed E-state index contributed by atoms with van der Waals surface area (Å²) < 4.78 is 4.95. The van der Waals surface area contributed by atoms with E-state index in [1.54, 1.807) is 0 Å². The quantitative estimate of drug-likeness (QED) is 0.732. The Labute approximate surface area is 108 Å². The molecule has 0 aliphatic carbocycles. The molecule has 0 aliphatic rings. The highest BCUT2D eigenvalue weighted by molar-refractivity contribution is 5.80. The number of aromatic nitrogens is 3. The van der Waals surface area contributed by atoms with Crippen molar-refractivity contribution in [2.45, 2.75) is 6.10 Å². The standard InChI is InChI=1S/C13H12N4O2/c14-7-11(18)13-16-12(17-19-13)10-6-5-8-3-1-2-4-9(8)15-10/h1-6,11,18H,7,14H2. The molecule has 2 aromatic heterocycles. The maximum absolute atomic E-state index is 9.52. The van der Waals surface area contributed by atoms with Crippen LogP contribution in [0.15, 0.2) is 40.9 Å². The first-order chi connectivity index (χ1) is 9.28. The fourth-order valence-corrected chi connectivity index (χ4v) is 1.77. The van der Waals surface area contributed by atoms with Gasteiger partial charge in [0.2, 0.25) is 5.82 Å². The summed E-state index contributed by atoms with van der Waals surface area (Å²) in [4.78, 5) is 8.53. The second kappa shape index (κ2) is 4.75. The summed E-state index contributed by atoms with van der Waals surface area (Å²) >= 11 is 0. The van der Waals surface area contributed by atoms with Gasteiger partial charge in [-0.05, 0) is 12.1 Å². The van der Waals surface area contributed by atoms with Gasteiger partial charge in [0.05, 0.1) is 5.52 Å². The van der Waals surface area contributed by atoms with Crippen molar-refractivity contribution >= 4 is 10.9 Å². The molecule has 6 heteroatoms. The lowest BCUT2D eigenvalue weighted by Gasteiger charge is -1.99. The monoisotopic (exact) mass is 256 g/mol. The first-order valence-electron chi connectivity index (χ1n) is 5.86. The molecule has 3 aromatic rings. The number of hydrogen-bond donors (Lipinski definition) is 2. The molecule has 0 bridgehead atoms. The van der Waals surface area contributed by atoms with Crippen LogP contribution in [0.2, 0.25) is 0 Å². The van der Waals surface area contributed by atoms with Gasteiger partial charge in [0.25, 0.3) is 5.89 Å². The molecule has 6 nitrogen and oxygen atoms in total. The van der Waals surface area contributed by atoms with Crippen molar-refractivity contribution in [2.24, 2.45) is 5.73 Å². The molecule has 1 unspecified atom stereocenters. The molecule has 0 fully saturated rings. The van der Waals surface area contributed by atoms with Gasteiger partial charge in [0.15, 0.2) is 0 Å².